The van der Waals surface area contributed by atoms with Crippen molar-refractivity contribution >= 4 is 23.7 Å². The van der Waals surface area contributed by atoms with E-state index in [0.29, 0.717) is 24.2 Å². The Labute approximate surface area is 215 Å². The lowest BCUT2D eigenvalue weighted by molar-refractivity contribution is -0.143. The van der Waals surface area contributed by atoms with Crippen LogP contribution in [0.25, 0.3) is 0 Å². The predicted octanol–water partition coefficient (Wildman–Crippen LogP) is -0.123. The first kappa shape index (κ1) is 29.5. The number of aliphatic carboxylic acids is 1. The van der Waals surface area contributed by atoms with Gasteiger partial charge in [0.05, 0.1) is 18.7 Å². The highest BCUT2D eigenvalue weighted by Gasteiger charge is 2.33. The molecule has 0 saturated carbocycles. The van der Waals surface area contributed by atoms with Crippen LogP contribution in [0.5, 0.6) is 0 Å². The van der Waals surface area contributed by atoms with Crippen LogP contribution in [-0.2, 0) is 32.0 Å². The van der Waals surface area contributed by atoms with E-state index in [1.165, 1.54) is 18.9 Å². The van der Waals surface area contributed by atoms with Crippen molar-refractivity contribution in [2.75, 3.05) is 0 Å². The van der Waals surface area contributed by atoms with E-state index in [0.717, 1.165) is 0 Å². The highest BCUT2D eigenvalue weighted by molar-refractivity contribution is 5.94. The standard InChI is InChI=1S/C24H38N8O5/c1-5-13(3)19(31-21(33)17(25)7-15-9-26-11-28-15)23(35)30-18(8-16-10-27-12-29-16)22(34)32-20(24(36)37)14(4)6-2/h9-14,17-20H,5-8,25H2,1-4H3,(H,26,28)(H,27,29)(H,30,35)(H,31,33)(H,32,34)(H,36,37). The fourth-order valence-electron chi connectivity index (χ4n) is 3.71. The van der Waals surface area contributed by atoms with Gasteiger partial charge in [-0.1, -0.05) is 40.5 Å². The molecule has 37 heavy (non-hydrogen) atoms. The summed E-state index contributed by atoms with van der Waals surface area (Å²) in [4.78, 5) is 64.7. The maximum absolute atomic E-state index is 13.4. The average Bonchev–Trinajstić information content (AvgIpc) is 3.58. The van der Waals surface area contributed by atoms with Crippen molar-refractivity contribution in [1.82, 2.24) is 35.9 Å². The van der Waals surface area contributed by atoms with Crippen molar-refractivity contribution in [3.63, 3.8) is 0 Å². The first-order valence-corrected chi connectivity index (χ1v) is 12.4. The lowest BCUT2D eigenvalue weighted by Gasteiger charge is -2.28. The SMILES string of the molecule is CCC(C)C(NC(=O)C(Cc1cnc[nH]1)NC(=O)C(NC(=O)C(N)Cc1cnc[nH]1)C(C)CC)C(=O)O. The van der Waals surface area contributed by atoms with E-state index in [2.05, 4.69) is 35.9 Å². The van der Waals surface area contributed by atoms with Gasteiger partial charge in [-0.25, -0.2) is 14.8 Å². The molecule has 2 heterocycles. The van der Waals surface area contributed by atoms with Crippen LogP contribution in [0, 0.1) is 11.8 Å². The normalized spacial score (nSPS) is 16.0. The number of H-pyrrole nitrogens is 2. The Morgan fingerprint density at radius 1 is 0.838 bits per heavy atom. The number of hydrogen-bond acceptors (Lipinski definition) is 7. The van der Waals surface area contributed by atoms with E-state index in [1.807, 2.05) is 13.8 Å². The molecule has 2 rings (SSSR count). The third-order valence-corrected chi connectivity index (χ3v) is 6.51. The van der Waals surface area contributed by atoms with Gasteiger partial charge in [0.2, 0.25) is 17.7 Å². The summed E-state index contributed by atoms with van der Waals surface area (Å²) < 4.78 is 0. The molecule has 0 aliphatic rings. The summed E-state index contributed by atoms with van der Waals surface area (Å²) >= 11 is 0. The van der Waals surface area contributed by atoms with Crippen molar-refractivity contribution in [1.29, 1.82) is 0 Å². The number of carboxylic acid groups (broad SMARTS) is 1. The Balaban J connectivity index is 2.19. The minimum atomic E-state index is -1.16. The first-order valence-electron chi connectivity index (χ1n) is 12.4. The molecule has 0 aliphatic carbocycles. The largest absolute Gasteiger partial charge is 0.480 e. The van der Waals surface area contributed by atoms with E-state index in [1.54, 1.807) is 20.0 Å². The summed E-state index contributed by atoms with van der Waals surface area (Å²) in [5.74, 6) is -3.51. The number of aromatic amines is 2. The molecule has 0 aromatic carbocycles. The minimum Gasteiger partial charge on any atom is -0.480 e. The van der Waals surface area contributed by atoms with Crippen LogP contribution in [0.15, 0.2) is 25.0 Å². The third-order valence-electron chi connectivity index (χ3n) is 6.51. The zero-order chi connectivity index (χ0) is 27.5. The van der Waals surface area contributed by atoms with Crippen LogP contribution in [0.1, 0.15) is 51.9 Å². The Kier molecular flexibility index (Phi) is 11.2. The van der Waals surface area contributed by atoms with Gasteiger partial charge in [0.25, 0.3) is 0 Å². The molecule has 0 aliphatic heterocycles. The number of nitrogens with two attached hydrogens (primary N) is 1. The minimum absolute atomic E-state index is 0.0466. The van der Waals surface area contributed by atoms with Crippen LogP contribution in [-0.4, -0.2) is 72.9 Å². The Hall–Kier alpha value is -3.74. The van der Waals surface area contributed by atoms with Crippen LogP contribution >= 0.6 is 0 Å². The number of aromatic nitrogens is 4. The smallest absolute Gasteiger partial charge is 0.326 e. The van der Waals surface area contributed by atoms with Crippen LogP contribution in [0.3, 0.4) is 0 Å². The number of carbonyl (C=O) groups excluding carboxylic acids is 3. The maximum atomic E-state index is 13.4. The van der Waals surface area contributed by atoms with Crippen molar-refractivity contribution in [2.24, 2.45) is 17.6 Å². The number of carbonyl (C=O) groups is 4. The van der Waals surface area contributed by atoms with Crippen molar-refractivity contribution in [3.05, 3.63) is 36.4 Å². The second kappa shape index (κ2) is 14.1. The van der Waals surface area contributed by atoms with Crippen molar-refractivity contribution in [2.45, 2.75) is 77.5 Å². The van der Waals surface area contributed by atoms with E-state index < -0.39 is 47.9 Å². The molecular formula is C24H38N8O5. The predicted molar refractivity (Wildman–Crippen MR) is 135 cm³/mol. The van der Waals surface area contributed by atoms with Gasteiger partial charge in [-0.3, -0.25) is 14.4 Å². The van der Waals surface area contributed by atoms with Gasteiger partial charge in [0, 0.05) is 36.6 Å². The molecule has 8 N–H and O–H groups in total. The highest BCUT2D eigenvalue weighted by Crippen LogP contribution is 2.12. The number of imidazole rings is 2. The van der Waals surface area contributed by atoms with Gasteiger partial charge in [-0.15, -0.1) is 0 Å². The second-order valence-electron chi connectivity index (χ2n) is 9.31. The molecule has 0 saturated heterocycles. The Bertz CT molecular complexity index is 1010. The number of nitrogens with one attached hydrogen (secondary N) is 5. The fraction of sp³-hybridized carbons (Fsp3) is 0.583. The number of nitrogens with zero attached hydrogens (tertiary/aromatic N) is 2. The lowest BCUT2D eigenvalue weighted by atomic mass is 9.96. The van der Waals surface area contributed by atoms with Crippen LogP contribution in [0.4, 0.5) is 0 Å². The van der Waals surface area contributed by atoms with E-state index in [4.69, 9.17) is 5.73 Å². The third kappa shape index (κ3) is 8.70. The molecule has 2 aromatic heterocycles. The second-order valence-corrected chi connectivity index (χ2v) is 9.31. The monoisotopic (exact) mass is 518 g/mol. The lowest BCUT2D eigenvalue weighted by Crippen LogP contribution is -2.59. The zero-order valence-electron chi connectivity index (χ0n) is 21.7. The molecule has 13 heteroatoms. The number of carboxylic acids is 1. The Morgan fingerprint density at radius 3 is 1.84 bits per heavy atom. The molecule has 0 radical (unpaired) electrons. The molecule has 2 aromatic rings. The summed E-state index contributed by atoms with van der Waals surface area (Å²) in [6.07, 6.45) is 7.36. The first-order chi connectivity index (χ1) is 17.6. The molecule has 0 bridgehead atoms. The molecule has 6 atom stereocenters. The van der Waals surface area contributed by atoms with Gasteiger partial charge in [-0.2, -0.15) is 0 Å². The van der Waals surface area contributed by atoms with Crippen LogP contribution < -0.4 is 21.7 Å². The van der Waals surface area contributed by atoms with Crippen molar-refractivity contribution in [3.8, 4) is 0 Å². The average molecular weight is 519 g/mol. The number of hydrogen-bond donors (Lipinski definition) is 7. The summed E-state index contributed by atoms with van der Waals surface area (Å²) in [6, 6.07) is -4.12. The van der Waals surface area contributed by atoms with Gasteiger partial charge in [0.1, 0.15) is 18.1 Å². The van der Waals surface area contributed by atoms with Crippen molar-refractivity contribution < 1.29 is 24.3 Å². The number of amides is 3. The summed E-state index contributed by atoms with van der Waals surface area (Å²) in [6.45, 7) is 7.23. The van der Waals surface area contributed by atoms with E-state index in [9.17, 15) is 24.3 Å². The van der Waals surface area contributed by atoms with Gasteiger partial charge in [-0.05, 0) is 11.8 Å². The van der Waals surface area contributed by atoms with Gasteiger partial charge < -0.3 is 36.8 Å². The number of rotatable bonds is 15. The topological polar surface area (TPSA) is 208 Å². The summed E-state index contributed by atoms with van der Waals surface area (Å²) in [5, 5.41) is 17.6. The van der Waals surface area contributed by atoms with E-state index in [-0.39, 0.29) is 24.7 Å². The molecule has 3 amide bonds. The van der Waals surface area contributed by atoms with Gasteiger partial charge in [0.15, 0.2) is 0 Å². The Morgan fingerprint density at radius 2 is 1.35 bits per heavy atom. The van der Waals surface area contributed by atoms with Gasteiger partial charge >= 0.3 is 5.97 Å². The fourth-order valence-corrected chi connectivity index (χ4v) is 3.71. The highest BCUT2D eigenvalue weighted by atomic mass is 16.4. The van der Waals surface area contributed by atoms with E-state index >= 15 is 0 Å². The molecule has 204 valence electrons. The molecule has 0 fully saturated rings. The summed E-state index contributed by atoms with van der Waals surface area (Å²) in [7, 11) is 0. The quantitative estimate of drug-likeness (QED) is 0.169. The molecule has 6 unspecified atom stereocenters. The zero-order valence-corrected chi connectivity index (χ0v) is 21.7. The molecule has 13 nitrogen and oxygen atoms in total. The summed E-state index contributed by atoms with van der Waals surface area (Å²) in [5.41, 5.74) is 7.29. The maximum Gasteiger partial charge on any atom is 0.326 e. The molecular weight excluding hydrogens is 480 g/mol. The van der Waals surface area contributed by atoms with Crippen LogP contribution in [0.2, 0.25) is 0 Å². The molecule has 0 spiro atoms.